The first-order chi connectivity index (χ1) is 10.1. The van der Waals surface area contributed by atoms with E-state index in [1.165, 1.54) is 12.1 Å². The first-order valence-corrected chi connectivity index (χ1v) is 9.55. The van der Waals surface area contributed by atoms with Crippen LogP contribution in [0.1, 0.15) is 19.4 Å². The van der Waals surface area contributed by atoms with Crippen LogP contribution in [0, 0.1) is 0 Å². The van der Waals surface area contributed by atoms with Crippen molar-refractivity contribution in [3.63, 3.8) is 0 Å². The molecule has 0 radical (unpaired) electrons. The van der Waals surface area contributed by atoms with Crippen LogP contribution in [0.4, 0.5) is 13.2 Å². The minimum Gasteiger partial charge on any atom is -0.309 e. The van der Waals surface area contributed by atoms with Gasteiger partial charge in [0.25, 0.3) is 9.84 Å². The lowest BCUT2D eigenvalue weighted by atomic mass is 10.2. The molecule has 1 atom stereocenters. The van der Waals surface area contributed by atoms with Gasteiger partial charge in [-0.05, 0) is 24.6 Å². The molecule has 0 saturated heterocycles. The number of benzene rings is 1. The molecule has 0 amide bonds. The third-order valence-electron chi connectivity index (χ3n) is 2.68. The van der Waals surface area contributed by atoms with E-state index in [4.69, 9.17) is 9.05 Å². The Morgan fingerprint density at radius 1 is 1.09 bits per heavy atom. The average molecular weight is 360 g/mol. The van der Waals surface area contributed by atoms with Crippen molar-refractivity contribution in [3.05, 3.63) is 29.8 Å². The van der Waals surface area contributed by atoms with Crippen LogP contribution in [0.15, 0.2) is 29.2 Å². The zero-order chi connectivity index (χ0) is 17.0. The Morgan fingerprint density at radius 2 is 1.64 bits per heavy atom. The van der Waals surface area contributed by atoms with Gasteiger partial charge < -0.3 is 9.05 Å². The van der Waals surface area contributed by atoms with Crippen LogP contribution in [-0.2, 0) is 30.1 Å². The number of hydrogen-bond donors (Lipinski definition) is 0. The van der Waals surface area contributed by atoms with Crippen LogP contribution < -0.4 is 0 Å². The van der Waals surface area contributed by atoms with Gasteiger partial charge in [-0.3, -0.25) is 4.57 Å². The first-order valence-electron chi connectivity index (χ1n) is 6.34. The molecule has 5 nitrogen and oxygen atoms in total. The standard InChI is InChI=1S/C12H16F3O5PS/c1-3-19-21(16,4-2)20-9-10-5-7-11(8-6-10)22(17,18)12(13,14)15/h5-8H,3-4,9H2,1-2H3. The summed E-state index contributed by atoms with van der Waals surface area (Å²) < 4.78 is 81.7. The second-order valence-corrected chi connectivity index (χ2v) is 8.52. The fraction of sp³-hybridized carbons (Fsp3) is 0.500. The summed E-state index contributed by atoms with van der Waals surface area (Å²) in [4.78, 5) is -0.854. The molecule has 1 rings (SSSR count). The Kier molecular flexibility index (Phi) is 6.20. The maximum atomic E-state index is 12.4. The lowest BCUT2D eigenvalue weighted by molar-refractivity contribution is -0.0436. The zero-order valence-electron chi connectivity index (χ0n) is 12.0. The largest absolute Gasteiger partial charge is 0.501 e. The summed E-state index contributed by atoms with van der Waals surface area (Å²) in [5.41, 5.74) is -4.97. The van der Waals surface area contributed by atoms with E-state index in [2.05, 4.69) is 0 Å². The predicted octanol–water partition coefficient (Wildman–Crippen LogP) is 3.75. The monoisotopic (exact) mass is 360 g/mol. The molecule has 0 N–H and O–H groups in total. The van der Waals surface area contributed by atoms with E-state index in [1.54, 1.807) is 13.8 Å². The molecular formula is C12H16F3O5PS. The lowest BCUT2D eigenvalue weighted by Crippen LogP contribution is -2.23. The lowest BCUT2D eigenvalue weighted by Gasteiger charge is -2.16. The van der Waals surface area contributed by atoms with Crippen molar-refractivity contribution in [2.45, 2.75) is 30.9 Å². The number of hydrogen-bond acceptors (Lipinski definition) is 5. The summed E-state index contributed by atoms with van der Waals surface area (Å²) in [5.74, 6) is 0. The molecule has 10 heteroatoms. The highest BCUT2D eigenvalue weighted by Gasteiger charge is 2.46. The maximum Gasteiger partial charge on any atom is 0.501 e. The minimum absolute atomic E-state index is 0.154. The van der Waals surface area contributed by atoms with Crippen LogP contribution in [0.5, 0.6) is 0 Å². The fourth-order valence-electron chi connectivity index (χ4n) is 1.49. The highest BCUT2D eigenvalue weighted by Crippen LogP contribution is 2.48. The third-order valence-corrected chi connectivity index (χ3v) is 6.13. The summed E-state index contributed by atoms with van der Waals surface area (Å²) in [6, 6.07) is 4.01. The summed E-state index contributed by atoms with van der Waals surface area (Å²) in [6.45, 7) is 3.32. The normalized spacial score (nSPS) is 15.5. The van der Waals surface area contributed by atoms with Crippen molar-refractivity contribution in [3.8, 4) is 0 Å². The SMILES string of the molecule is CCOP(=O)(CC)OCc1ccc(S(=O)(=O)C(F)(F)F)cc1. The average Bonchev–Trinajstić information content (AvgIpc) is 2.45. The Bertz CT molecular complexity index is 640. The van der Waals surface area contributed by atoms with Gasteiger partial charge >= 0.3 is 13.1 Å². The molecule has 0 aromatic heterocycles. The van der Waals surface area contributed by atoms with Crippen molar-refractivity contribution in [2.75, 3.05) is 12.8 Å². The predicted molar refractivity (Wildman–Crippen MR) is 74.2 cm³/mol. The van der Waals surface area contributed by atoms with Gasteiger partial charge in [-0.2, -0.15) is 13.2 Å². The second kappa shape index (κ2) is 7.12. The molecule has 126 valence electrons. The molecule has 0 bridgehead atoms. The molecule has 0 heterocycles. The van der Waals surface area contributed by atoms with Gasteiger partial charge in [-0.1, -0.05) is 19.1 Å². The molecular weight excluding hydrogens is 344 g/mol. The van der Waals surface area contributed by atoms with Crippen LogP contribution in [0.25, 0.3) is 0 Å². The summed E-state index contributed by atoms with van der Waals surface area (Å²) >= 11 is 0. The van der Waals surface area contributed by atoms with Crippen molar-refractivity contribution >= 4 is 17.4 Å². The zero-order valence-corrected chi connectivity index (χ0v) is 13.7. The molecule has 1 aromatic rings. The first kappa shape index (κ1) is 19.2. The van der Waals surface area contributed by atoms with Crippen molar-refractivity contribution in [2.24, 2.45) is 0 Å². The molecule has 0 aliphatic heterocycles. The second-order valence-electron chi connectivity index (χ2n) is 4.21. The molecule has 22 heavy (non-hydrogen) atoms. The highest BCUT2D eigenvalue weighted by atomic mass is 32.2. The van der Waals surface area contributed by atoms with Crippen LogP contribution in [0.2, 0.25) is 0 Å². The topological polar surface area (TPSA) is 69.7 Å². The Hall–Kier alpha value is -0.890. The van der Waals surface area contributed by atoms with Crippen molar-refractivity contribution in [1.29, 1.82) is 0 Å². The van der Waals surface area contributed by atoms with Crippen molar-refractivity contribution in [1.82, 2.24) is 0 Å². The molecule has 0 spiro atoms. The molecule has 1 aromatic carbocycles. The van der Waals surface area contributed by atoms with Gasteiger partial charge in [0.2, 0.25) is 0 Å². The third kappa shape index (κ3) is 4.55. The van der Waals surface area contributed by atoms with Gasteiger partial charge in [0.15, 0.2) is 0 Å². The van der Waals surface area contributed by atoms with Gasteiger partial charge in [0, 0.05) is 6.16 Å². The van der Waals surface area contributed by atoms with E-state index in [0.29, 0.717) is 5.56 Å². The van der Waals surface area contributed by atoms with E-state index in [-0.39, 0.29) is 19.4 Å². The summed E-state index contributed by atoms with van der Waals surface area (Å²) in [6.07, 6.45) is 0.154. The number of rotatable bonds is 7. The summed E-state index contributed by atoms with van der Waals surface area (Å²) in [7, 11) is -8.60. The van der Waals surface area contributed by atoms with E-state index < -0.39 is 27.8 Å². The highest BCUT2D eigenvalue weighted by molar-refractivity contribution is 7.92. The molecule has 0 saturated carbocycles. The van der Waals surface area contributed by atoms with Crippen LogP contribution in [-0.4, -0.2) is 26.7 Å². The molecule has 0 aliphatic carbocycles. The fourth-order valence-corrected chi connectivity index (χ4v) is 3.43. The van der Waals surface area contributed by atoms with Gasteiger partial charge in [-0.15, -0.1) is 0 Å². The number of alkyl halides is 3. The maximum absolute atomic E-state index is 12.4. The molecule has 1 unspecified atom stereocenters. The van der Waals surface area contributed by atoms with E-state index >= 15 is 0 Å². The van der Waals surface area contributed by atoms with E-state index in [0.717, 1.165) is 12.1 Å². The van der Waals surface area contributed by atoms with Crippen molar-refractivity contribution < 1.29 is 35.2 Å². The Balaban J connectivity index is 2.85. The van der Waals surface area contributed by atoms with Crippen LogP contribution in [0.3, 0.4) is 0 Å². The van der Waals surface area contributed by atoms with E-state index in [9.17, 15) is 26.2 Å². The van der Waals surface area contributed by atoms with Gasteiger partial charge in [0.05, 0.1) is 18.1 Å². The Labute approximate surface area is 126 Å². The minimum atomic E-state index is -5.37. The quantitative estimate of drug-likeness (QED) is 0.693. The number of halogens is 3. The molecule has 0 fully saturated rings. The molecule has 0 aliphatic rings. The smallest absolute Gasteiger partial charge is 0.309 e. The van der Waals surface area contributed by atoms with Gasteiger partial charge in [-0.25, -0.2) is 8.42 Å². The number of sulfone groups is 1. The van der Waals surface area contributed by atoms with E-state index in [1.807, 2.05) is 0 Å². The Morgan fingerprint density at radius 3 is 2.05 bits per heavy atom. The van der Waals surface area contributed by atoms with Gasteiger partial charge in [0.1, 0.15) is 0 Å². The van der Waals surface area contributed by atoms with Crippen LogP contribution >= 0.6 is 7.60 Å². The summed E-state index contributed by atoms with van der Waals surface area (Å²) in [5, 5.41) is 0.